The molecule has 10 rings (SSSR count). The van der Waals surface area contributed by atoms with Crippen molar-refractivity contribution in [2.45, 2.75) is 0 Å². The van der Waals surface area contributed by atoms with Crippen LogP contribution in [0.1, 0.15) is 0 Å². The van der Waals surface area contributed by atoms with Crippen molar-refractivity contribution in [1.29, 1.82) is 0 Å². The van der Waals surface area contributed by atoms with Crippen LogP contribution in [0.4, 0.5) is 17.1 Å². The number of hydrogen-bond acceptors (Lipinski definition) is 2. The number of fused-ring (bicyclic) bond motifs is 11. The van der Waals surface area contributed by atoms with Crippen molar-refractivity contribution in [3.05, 3.63) is 176 Å². The Hall–Kier alpha value is -6.38. The molecule has 0 amide bonds. The van der Waals surface area contributed by atoms with Crippen molar-refractivity contribution in [3.63, 3.8) is 0 Å². The molecule has 224 valence electrons. The minimum absolute atomic E-state index is 0.890. The summed E-state index contributed by atoms with van der Waals surface area (Å²) in [4.78, 5) is 2.42. The number of rotatable bonds is 4. The molecular weight excluding hydrogens is 583 g/mol. The highest BCUT2D eigenvalue weighted by Crippen LogP contribution is 2.50. The molecule has 0 saturated heterocycles. The Morgan fingerprint density at radius 2 is 0.896 bits per heavy atom. The van der Waals surface area contributed by atoms with Crippen LogP contribution in [0.15, 0.2) is 180 Å². The molecule has 0 saturated carbocycles. The molecule has 0 unspecified atom stereocenters. The summed E-state index contributed by atoms with van der Waals surface area (Å²) in [6.07, 6.45) is 0. The van der Waals surface area contributed by atoms with Gasteiger partial charge in [-0.15, -0.1) is 0 Å². The molecule has 0 aliphatic carbocycles. The SMILES string of the molecule is c1ccc(-c2c(N(c3ccccc3)c3cc4ccccc4c4ccccc34)ccc3c2oc2c4ccccc4c4ccccc4c32)cc1. The summed E-state index contributed by atoms with van der Waals surface area (Å²) in [6.45, 7) is 0. The van der Waals surface area contributed by atoms with E-state index >= 15 is 0 Å². The lowest BCUT2D eigenvalue weighted by Gasteiger charge is -2.29. The second kappa shape index (κ2) is 10.6. The van der Waals surface area contributed by atoms with E-state index in [1.807, 2.05) is 0 Å². The Bertz CT molecular complexity index is 2830. The number of furan rings is 1. The van der Waals surface area contributed by atoms with Crippen molar-refractivity contribution >= 4 is 82.1 Å². The van der Waals surface area contributed by atoms with Gasteiger partial charge in [-0.3, -0.25) is 0 Å². The lowest BCUT2D eigenvalue weighted by molar-refractivity contribution is 0.674. The van der Waals surface area contributed by atoms with Gasteiger partial charge in [0.05, 0.1) is 11.4 Å². The molecule has 0 aliphatic heterocycles. The van der Waals surface area contributed by atoms with Gasteiger partial charge in [-0.2, -0.15) is 0 Å². The van der Waals surface area contributed by atoms with Crippen molar-refractivity contribution in [2.24, 2.45) is 0 Å². The van der Waals surface area contributed by atoms with Gasteiger partial charge in [-0.05, 0) is 68.2 Å². The molecule has 10 aromatic rings. The van der Waals surface area contributed by atoms with Gasteiger partial charge in [-0.25, -0.2) is 0 Å². The molecule has 0 radical (unpaired) electrons. The fourth-order valence-electron chi connectivity index (χ4n) is 7.73. The summed E-state index contributed by atoms with van der Waals surface area (Å²) in [6, 6.07) is 63.1. The maximum Gasteiger partial charge on any atom is 0.145 e. The van der Waals surface area contributed by atoms with Crippen molar-refractivity contribution < 1.29 is 4.42 Å². The number of hydrogen-bond donors (Lipinski definition) is 0. The topological polar surface area (TPSA) is 16.4 Å². The second-order valence-corrected chi connectivity index (χ2v) is 12.4. The average Bonchev–Trinajstić information content (AvgIpc) is 3.56. The van der Waals surface area contributed by atoms with Crippen LogP contribution in [0.2, 0.25) is 0 Å². The van der Waals surface area contributed by atoms with E-state index in [2.05, 4.69) is 181 Å². The summed E-state index contributed by atoms with van der Waals surface area (Å²) in [7, 11) is 0. The van der Waals surface area contributed by atoms with Crippen LogP contribution in [-0.4, -0.2) is 0 Å². The van der Waals surface area contributed by atoms with Gasteiger partial charge in [0.15, 0.2) is 0 Å². The van der Waals surface area contributed by atoms with Crippen LogP contribution in [-0.2, 0) is 0 Å². The third kappa shape index (κ3) is 3.93. The van der Waals surface area contributed by atoms with Gasteiger partial charge in [0, 0.05) is 32.8 Å². The molecule has 9 aromatic carbocycles. The first kappa shape index (κ1) is 26.8. The molecule has 48 heavy (non-hydrogen) atoms. The maximum absolute atomic E-state index is 7.15. The zero-order valence-corrected chi connectivity index (χ0v) is 26.1. The molecule has 0 fully saturated rings. The highest BCUT2D eigenvalue weighted by Gasteiger charge is 2.25. The third-order valence-electron chi connectivity index (χ3n) is 9.80. The van der Waals surface area contributed by atoms with Gasteiger partial charge in [0.2, 0.25) is 0 Å². The summed E-state index contributed by atoms with van der Waals surface area (Å²) in [5.74, 6) is 0. The van der Waals surface area contributed by atoms with Crippen molar-refractivity contribution in [2.75, 3.05) is 4.90 Å². The van der Waals surface area contributed by atoms with E-state index in [-0.39, 0.29) is 0 Å². The molecule has 0 N–H and O–H groups in total. The first-order valence-corrected chi connectivity index (χ1v) is 16.4. The first-order chi connectivity index (χ1) is 23.8. The molecule has 0 spiro atoms. The third-order valence-corrected chi connectivity index (χ3v) is 9.80. The van der Waals surface area contributed by atoms with Gasteiger partial charge >= 0.3 is 0 Å². The van der Waals surface area contributed by atoms with Crippen LogP contribution < -0.4 is 4.90 Å². The van der Waals surface area contributed by atoms with E-state index in [9.17, 15) is 0 Å². The maximum atomic E-state index is 7.15. The minimum atomic E-state index is 0.890. The Labute approximate surface area is 277 Å². The van der Waals surface area contributed by atoms with Gasteiger partial charge in [0.1, 0.15) is 11.2 Å². The summed E-state index contributed by atoms with van der Waals surface area (Å²) < 4.78 is 7.15. The van der Waals surface area contributed by atoms with Crippen LogP contribution >= 0.6 is 0 Å². The van der Waals surface area contributed by atoms with Crippen molar-refractivity contribution in [3.8, 4) is 11.1 Å². The van der Waals surface area contributed by atoms with E-state index in [0.29, 0.717) is 0 Å². The number of anilines is 3. The largest absolute Gasteiger partial charge is 0.455 e. The lowest BCUT2D eigenvalue weighted by atomic mass is 9.94. The Kier molecular flexibility index (Phi) is 5.91. The van der Waals surface area contributed by atoms with Crippen LogP contribution in [0.25, 0.3) is 76.2 Å². The molecule has 0 atom stereocenters. The lowest BCUT2D eigenvalue weighted by Crippen LogP contribution is -2.12. The Morgan fingerprint density at radius 1 is 0.354 bits per heavy atom. The molecular formula is C46H29NO. The van der Waals surface area contributed by atoms with Gasteiger partial charge in [-0.1, -0.05) is 146 Å². The monoisotopic (exact) mass is 611 g/mol. The Balaban J connectivity index is 1.38. The summed E-state index contributed by atoms with van der Waals surface area (Å²) >= 11 is 0. The second-order valence-electron chi connectivity index (χ2n) is 12.4. The normalized spacial score (nSPS) is 11.8. The summed E-state index contributed by atoms with van der Waals surface area (Å²) in [5, 5.41) is 11.9. The number of benzene rings is 9. The minimum Gasteiger partial charge on any atom is -0.455 e. The Morgan fingerprint density at radius 3 is 1.62 bits per heavy atom. The predicted molar refractivity (Wildman–Crippen MR) is 204 cm³/mol. The van der Waals surface area contributed by atoms with Gasteiger partial charge in [0.25, 0.3) is 0 Å². The smallest absolute Gasteiger partial charge is 0.145 e. The fraction of sp³-hybridized carbons (Fsp3) is 0. The standard InChI is InChI=1S/C46H29NO/c1-3-15-30(16-4-1)43-41(28-27-40-44-38-25-13-10-22-35(38)36-23-11-14-26-39(36)45(44)48-46(40)43)47(32-18-5-2-6-19-32)42-29-31-17-7-8-20-33(31)34-21-9-12-24-37(34)42/h1-29H. The summed E-state index contributed by atoms with van der Waals surface area (Å²) in [5.41, 5.74) is 7.26. The van der Waals surface area contributed by atoms with E-state index in [1.54, 1.807) is 0 Å². The molecule has 1 aromatic heterocycles. The average molecular weight is 612 g/mol. The molecule has 1 heterocycles. The number of nitrogens with zero attached hydrogens (tertiary/aromatic N) is 1. The molecule has 0 bridgehead atoms. The zero-order chi connectivity index (χ0) is 31.6. The van der Waals surface area contributed by atoms with E-state index < -0.39 is 0 Å². The zero-order valence-electron chi connectivity index (χ0n) is 26.1. The molecule has 0 aliphatic rings. The van der Waals surface area contributed by atoms with Crippen LogP contribution in [0.3, 0.4) is 0 Å². The fourth-order valence-corrected chi connectivity index (χ4v) is 7.73. The molecule has 2 heteroatoms. The van der Waals surface area contributed by atoms with E-state index in [4.69, 9.17) is 4.42 Å². The van der Waals surface area contributed by atoms with Crippen LogP contribution in [0, 0.1) is 0 Å². The number of para-hydroxylation sites is 1. The first-order valence-electron chi connectivity index (χ1n) is 16.4. The van der Waals surface area contributed by atoms with E-state index in [1.165, 1.54) is 37.7 Å². The highest BCUT2D eigenvalue weighted by molar-refractivity contribution is 6.31. The van der Waals surface area contributed by atoms with Crippen molar-refractivity contribution in [1.82, 2.24) is 0 Å². The molecule has 2 nitrogen and oxygen atoms in total. The van der Waals surface area contributed by atoms with E-state index in [0.717, 1.165) is 55.5 Å². The van der Waals surface area contributed by atoms with Gasteiger partial charge < -0.3 is 9.32 Å². The highest BCUT2D eigenvalue weighted by atomic mass is 16.3. The quantitative estimate of drug-likeness (QED) is 0.184. The predicted octanol–water partition coefficient (Wildman–Crippen LogP) is 13.3. The van der Waals surface area contributed by atoms with Crippen LogP contribution in [0.5, 0.6) is 0 Å².